The van der Waals surface area contributed by atoms with Crippen LogP contribution in [0.5, 0.6) is 23.0 Å². The molecule has 6 aromatic carbocycles. The van der Waals surface area contributed by atoms with Crippen molar-refractivity contribution in [3.8, 4) is 23.0 Å². The molecule has 0 unspecified atom stereocenters. The number of benzene rings is 6. The van der Waals surface area contributed by atoms with Gasteiger partial charge in [-0.3, -0.25) is 28.8 Å². The number of alkyl carbamates (subject to hydrolysis) is 1. The van der Waals surface area contributed by atoms with Gasteiger partial charge in [-0.1, -0.05) is 109 Å². The summed E-state index contributed by atoms with van der Waals surface area (Å²) in [5, 5.41) is 16.8. The van der Waals surface area contributed by atoms with E-state index < -0.39 is 109 Å². The minimum Gasteiger partial charge on any atom is -0.457 e. The molecule has 0 aromatic heterocycles. The van der Waals surface area contributed by atoms with Crippen molar-refractivity contribution in [2.24, 2.45) is 5.73 Å². The van der Waals surface area contributed by atoms with Gasteiger partial charge in [-0.15, -0.1) is 0 Å². The Hall–Kier alpha value is -9.45. The summed E-state index contributed by atoms with van der Waals surface area (Å²) in [6, 6.07) is 38.3. The van der Waals surface area contributed by atoms with Gasteiger partial charge in [0.05, 0.1) is 6.04 Å². The molecule has 8 bridgehead atoms. The maximum Gasteiger partial charge on any atom is 0.408 e. The summed E-state index contributed by atoms with van der Waals surface area (Å²) in [4.78, 5) is 93.0. The lowest BCUT2D eigenvalue weighted by molar-refractivity contribution is -0.141. The lowest BCUT2D eigenvalue weighted by Gasteiger charge is -2.27. The second-order valence-corrected chi connectivity index (χ2v) is 22.4. The molecular weight excluding hydrogens is 1170 g/mol. The Morgan fingerprint density at radius 1 is 0.494 bits per heavy atom. The number of hydrogen-bond donors (Lipinski definition) is 8. The van der Waals surface area contributed by atoms with E-state index in [1.807, 2.05) is 77.4 Å². The third kappa shape index (κ3) is 23.0. The Labute approximate surface area is 510 Å². The number of hydrogen-bond acceptors (Lipinski definition) is 11. The fourth-order valence-corrected chi connectivity index (χ4v) is 9.51. The molecule has 0 fully saturated rings. The van der Waals surface area contributed by atoms with Crippen LogP contribution in [0, 0.1) is 0 Å². The molecule has 0 radical (unpaired) electrons. The Morgan fingerprint density at radius 2 is 0.865 bits per heavy atom. The van der Waals surface area contributed by atoms with Crippen molar-refractivity contribution in [1.29, 1.82) is 0 Å². The molecule has 0 saturated carbocycles. The van der Waals surface area contributed by atoms with Crippen LogP contribution >= 0.6 is 0 Å². The minimum absolute atomic E-state index is 0.00217. The summed E-state index contributed by atoms with van der Waals surface area (Å²) in [5.74, 6) is -3.15. The summed E-state index contributed by atoms with van der Waals surface area (Å²) >= 11 is 0. The molecule has 6 atom stereocenters. The summed E-state index contributed by atoms with van der Waals surface area (Å²) in [7, 11) is 0. The summed E-state index contributed by atoms with van der Waals surface area (Å²) in [5.41, 5.74) is 9.55. The molecule has 2 heterocycles. The van der Waals surface area contributed by atoms with Gasteiger partial charge in [0, 0.05) is 19.3 Å². The highest BCUT2D eigenvalue weighted by atomic mass is 19.4. The van der Waals surface area contributed by atoms with Crippen LogP contribution in [0.25, 0.3) is 0 Å². The number of amides is 7. The molecule has 472 valence electrons. The fraction of sp³-hybridized carbons (Fsp3) is 0.338. The number of ether oxygens (including phenoxy) is 3. The highest BCUT2D eigenvalue weighted by Crippen LogP contribution is 2.27. The van der Waals surface area contributed by atoms with Gasteiger partial charge in [0.15, 0.2) is 0 Å². The average Bonchev–Trinajstić information content (AvgIpc) is 3.65. The maximum atomic E-state index is 13.8. The van der Waals surface area contributed by atoms with E-state index >= 15 is 0 Å². The van der Waals surface area contributed by atoms with Gasteiger partial charge >= 0.3 is 18.4 Å². The first-order valence-corrected chi connectivity index (χ1v) is 28.6. The zero-order chi connectivity index (χ0) is 64.3. The lowest BCUT2D eigenvalue weighted by atomic mass is 10.0. The van der Waals surface area contributed by atoms with Crippen LogP contribution in [0.2, 0.25) is 0 Å². The normalized spacial score (nSPS) is 19.3. The topological polar surface area (TPSA) is 257 Å². The number of nitrogens with one attached hydrogen (secondary N) is 7. The highest BCUT2D eigenvalue weighted by Gasteiger charge is 2.35. The van der Waals surface area contributed by atoms with E-state index in [0.717, 1.165) is 16.7 Å². The average molecular weight is 1240 g/mol. The Morgan fingerprint density at radius 3 is 1.25 bits per heavy atom. The number of aryl methyl sites for hydroxylation is 2. The van der Waals surface area contributed by atoms with E-state index in [2.05, 4.69) is 26.6 Å². The van der Waals surface area contributed by atoms with E-state index in [4.69, 9.17) is 19.9 Å². The fourth-order valence-electron chi connectivity index (χ4n) is 9.51. The molecule has 6 aromatic rings. The van der Waals surface area contributed by atoms with Crippen LogP contribution in [0.4, 0.5) is 31.1 Å². The maximum absolute atomic E-state index is 13.8. The Kier molecular flexibility index (Phi) is 23.3. The van der Waals surface area contributed by atoms with Crippen LogP contribution in [0.1, 0.15) is 67.0 Å². The molecule has 2 aliphatic heterocycles. The first-order chi connectivity index (χ1) is 42.2. The van der Waals surface area contributed by atoms with Gasteiger partial charge in [0.25, 0.3) is 0 Å². The predicted molar refractivity (Wildman–Crippen MR) is 317 cm³/mol. The Balaban J connectivity index is 0.000000257. The summed E-state index contributed by atoms with van der Waals surface area (Å²) < 4.78 is 95.0. The molecule has 8 rings (SSSR count). The number of rotatable bonds is 11. The van der Waals surface area contributed by atoms with Crippen LogP contribution in [0.15, 0.2) is 158 Å². The first-order valence-electron chi connectivity index (χ1n) is 28.6. The van der Waals surface area contributed by atoms with Crippen LogP contribution in [0.3, 0.4) is 0 Å². The predicted octanol–water partition coefficient (Wildman–Crippen LogP) is 7.94. The van der Waals surface area contributed by atoms with E-state index in [1.165, 1.54) is 0 Å². The summed E-state index contributed by atoms with van der Waals surface area (Å²) in [6.45, 7) is 1.87. The number of carbonyl (C=O) groups is 7. The molecule has 18 nitrogen and oxygen atoms in total. The van der Waals surface area contributed by atoms with Crippen molar-refractivity contribution in [2.75, 3.05) is 13.1 Å². The van der Waals surface area contributed by atoms with E-state index in [1.54, 1.807) is 112 Å². The molecule has 0 saturated heterocycles. The Bertz CT molecular complexity index is 3400. The van der Waals surface area contributed by atoms with Crippen LogP contribution in [-0.2, 0) is 72.0 Å². The van der Waals surface area contributed by atoms with E-state index in [9.17, 15) is 59.9 Å². The zero-order valence-electron chi connectivity index (χ0n) is 49.0. The number of halogens is 6. The van der Waals surface area contributed by atoms with Gasteiger partial charge in [-0.05, 0) is 135 Å². The van der Waals surface area contributed by atoms with Gasteiger partial charge in [0.1, 0.15) is 71.9 Å². The molecular formula is C65H70F6N8O10. The minimum atomic E-state index is -4.68. The number of alkyl halides is 6. The molecule has 0 spiro atoms. The SMILES string of the molecule is CC(C)(C)OC(=O)N[C@H]1Cc2cccc(c2)Oc2cccc(c2)C[C@@H](C(=O)NCC(F)(F)F)NC(=O)[C@H](CCc2ccccc2)NC1=O.N[C@H]1Cc2cccc(c2)Oc2cccc(c2)C[C@@H](C(=O)NCC(F)(F)F)NC(=O)[C@H](CCc2ccccc2)NC1=O. The number of nitrogens with two attached hydrogens (primary N) is 1. The lowest BCUT2D eigenvalue weighted by Crippen LogP contribution is -2.58. The van der Waals surface area contributed by atoms with Crippen LogP contribution in [-0.4, -0.2) is 109 Å². The zero-order valence-corrected chi connectivity index (χ0v) is 49.0. The van der Waals surface area contributed by atoms with Gasteiger partial charge in [-0.25, -0.2) is 4.79 Å². The monoisotopic (exact) mass is 1240 g/mol. The first kappa shape index (κ1) is 67.1. The quantitative estimate of drug-likeness (QED) is 0.0578. The van der Waals surface area contributed by atoms with E-state index in [-0.39, 0.29) is 38.5 Å². The standard InChI is InChI=1S/C35H39F3N4O6.C30H31F3N4O4/c1-34(2,3)48-33(46)42-29-20-24-12-8-14-26(18-24)47-25-13-7-11-23(17-25)19-28(30(43)39-21-35(36,37)38)41-31(44)27(40-32(29)45)16-15-22-9-5-4-6-10-22;31-30(32,33)18-35-28(39)26-17-21-9-5-11-23(15-21)41-22-10-4-8-20(14-22)16-24(34)27(38)36-25(29(40)37-26)13-12-19-6-2-1-3-7-19/h4-14,17-18,27-29H,15-16,19-21H2,1-3H3,(H,39,43)(H,40,45)(H,41,44)(H,42,46);1-11,14-15,24-26H,12-13,16-18,34H2,(H,35,39)(H,36,38)(H,37,40)/t27-,28-,29-;24-,25-,26-/m00/s1. The van der Waals surface area contributed by atoms with Gasteiger partial charge in [-0.2, -0.15) is 26.3 Å². The number of fused-ring (bicyclic) bond motifs is 8. The molecule has 7 amide bonds. The van der Waals surface area contributed by atoms with Crippen molar-refractivity contribution in [3.63, 3.8) is 0 Å². The largest absolute Gasteiger partial charge is 0.457 e. The smallest absolute Gasteiger partial charge is 0.408 e. The molecule has 2 aliphatic rings. The molecule has 9 N–H and O–H groups in total. The second kappa shape index (κ2) is 30.9. The number of carbonyl (C=O) groups excluding carboxylic acids is 7. The summed E-state index contributed by atoms with van der Waals surface area (Å²) in [6.07, 6.45) is -9.29. The van der Waals surface area contributed by atoms with Crippen molar-refractivity contribution in [3.05, 3.63) is 191 Å². The van der Waals surface area contributed by atoms with Crippen molar-refractivity contribution >= 4 is 41.5 Å². The van der Waals surface area contributed by atoms with Gasteiger partial charge in [0.2, 0.25) is 35.4 Å². The van der Waals surface area contributed by atoms with Crippen molar-refractivity contribution in [1.82, 2.24) is 37.2 Å². The highest BCUT2D eigenvalue weighted by molar-refractivity contribution is 5.95. The van der Waals surface area contributed by atoms with Crippen LogP contribution < -0.4 is 52.4 Å². The molecule has 89 heavy (non-hydrogen) atoms. The van der Waals surface area contributed by atoms with Crippen molar-refractivity contribution < 1.29 is 74.1 Å². The molecule has 0 aliphatic carbocycles. The third-order valence-electron chi connectivity index (χ3n) is 13.8. The van der Waals surface area contributed by atoms with E-state index in [0.29, 0.717) is 52.5 Å². The van der Waals surface area contributed by atoms with Crippen molar-refractivity contribution in [2.45, 2.75) is 126 Å². The third-order valence-corrected chi connectivity index (χ3v) is 13.8. The molecule has 24 heteroatoms. The van der Waals surface area contributed by atoms with Gasteiger partial charge < -0.3 is 57.2 Å². The second-order valence-electron chi connectivity index (χ2n) is 22.4.